The fourth-order valence-electron chi connectivity index (χ4n) is 4.21. The molecule has 0 atom stereocenters. The van der Waals surface area contributed by atoms with Gasteiger partial charge >= 0.3 is 0 Å². The average Bonchev–Trinajstić information content (AvgIpc) is 2.94. The number of aromatic nitrogens is 3. The summed E-state index contributed by atoms with van der Waals surface area (Å²) in [5, 5.41) is 2.29. The van der Waals surface area contributed by atoms with E-state index in [-0.39, 0.29) is 0 Å². The Bertz CT molecular complexity index is 1650. The van der Waals surface area contributed by atoms with Crippen molar-refractivity contribution in [2.24, 2.45) is 0 Å². The number of fused-ring (bicyclic) bond motifs is 1. The third-order valence-electron chi connectivity index (χ3n) is 5.96. The summed E-state index contributed by atoms with van der Waals surface area (Å²) in [7, 11) is 0. The minimum Gasteiger partial charge on any atom is -0.208 e. The van der Waals surface area contributed by atoms with Crippen molar-refractivity contribution in [3.05, 3.63) is 126 Å². The lowest BCUT2D eigenvalue weighted by Gasteiger charge is -2.11. The van der Waals surface area contributed by atoms with Gasteiger partial charge in [0.25, 0.3) is 0 Å². The Hall–Kier alpha value is -4.15. The normalized spacial score (nSPS) is 11.0. The molecule has 0 saturated carbocycles. The molecule has 0 saturated heterocycles. The maximum absolute atomic E-state index is 4.94. The number of halogens is 1. The van der Waals surface area contributed by atoms with E-state index in [9.17, 15) is 0 Å². The highest BCUT2D eigenvalue weighted by Gasteiger charge is 2.14. The minimum atomic E-state index is 0.644. The maximum Gasteiger partial charge on any atom is 0.164 e. The topological polar surface area (TPSA) is 38.7 Å². The van der Waals surface area contributed by atoms with Crippen molar-refractivity contribution in [1.29, 1.82) is 0 Å². The molecule has 6 aromatic rings. The van der Waals surface area contributed by atoms with Crippen LogP contribution in [0.4, 0.5) is 0 Å². The predicted molar refractivity (Wildman–Crippen MR) is 147 cm³/mol. The van der Waals surface area contributed by atoms with Crippen LogP contribution in [0.15, 0.2) is 126 Å². The van der Waals surface area contributed by atoms with Crippen molar-refractivity contribution in [3.63, 3.8) is 0 Å². The number of hydrogen-bond donors (Lipinski definition) is 0. The van der Waals surface area contributed by atoms with E-state index in [1.807, 2.05) is 60.7 Å². The van der Waals surface area contributed by atoms with Crippen LogP contribution in [0.5, 0.6) is 0 Å². The summed E-state index contributed by atoms with van der Waals surface area (Å²) in [4.78, 5) is 14.7. The van der Waals surface area contributed by atoms with Gasteiger partial charge < -0.3 is 0 Å². The smallest absolute Gasteiger partial charge is 0.164 e. The molecule has 166 valence electrons. The third-order valence-corrected chi connectivity index (χ3v) is 6.62. The molecule has 0 radical (unpaired) electrons. The molecule has 5 aromatic carbocycles. The van der Waals surface area contributed by atoms with E-state index in [1.54, 1.807) is 0 Å². The second-order valence-corrected chi connectivity index (χ2v) is 9.15. The Balaban J connectivity index is 1.54. The summed E-state index contributed by atoms with van der Waals surface area (Å²) in [6.07, 6.45) is 0. The van der Waals surface area contributed by atoms with Crippen molar-refractivity contribution in [1.82, 2.24) is 15.0 Å². The highest BCUT2D eigenvalue weighted by Crippen LogP contribution is 2.32. The molecule has 1 heterocycles. The van der Waals surface area contributed by atoms with Gasteiger partial charge in [0.05, 0.1) is 0 Å². The zero-order chi connectivity index (χ0) is 23.6. The molecule has 0 aliphatic rings. The van der Waals surface area contributed by atoms with Crippen LogP contribution >= 0.6 is 15.9 Å². The van der Waals surface area contributed by atoms with Gasteiger partial charge in [-0.15, -0.1) is 0 Å². The molecule has 0 spiro atoms. The van der Waals surface area contributed by atoms with Crippen LogP contribution in [0.25, 0.3) is 56.1 Å². The van der Waals surface area contributed by atoms with Gasteiger partial charge in [0.1, 0.15) is 0 Å². The SMILES string of the molecule is Brc1cc(-c2nc(-c3ccccc3)nc(-c3cccc(-c4ccccc4)c3)n2)cc2ccccc12. The zero-order valence-corrected chi connectivity index (χ0v) is 20.4. The molecule has 6 rings (SSSR count). The quantitative estimate of drug-likeness (QED) is 0.237. The van der Waals surface area contributed by atoms with Crippen LogP contribution in [0.3, 0.4) is 0 Å². The lowest BCUT2D eigenvalue weighted by Crippen LogP contribution is -2.00. The van der Waals surface area contributed by atoms with E-state index >= 15 is 0 Å². The Labute approximate surface area is 212 Å². The zero-order valence-electron chi connectivity index (χ0n) is 18.8. The molecule has 0 amide bonds. The molecule has 0 aliphatic heterocycles. The van der Waals surface area contributed by atoms with Crippen molar-refractivity contribution in [3.8, 4) is 45.3 Å². The number of nitrogens with zero attached hydrogens (tertiary/aromatic N) is 3. The first-order valence-corrected chi connectivity index (χ1v) is 12.2. The highest BCUT2D eigenvalue weighted by molar-refractivity contribution is 9.10. The van der Waals surface area contributed by atoms with Crippen molar-refractivity contribution < 1.29 is 0 Å². The van der Waals surface area contributed by atoms with E-state index in [1.165, 1.54) is 0 Å². The molecule has 1 aromatic heterocycles. The molecule has 35 heavy (non-hydrogen) atoms. The molecule has 0 N–H and O–H groups in total. The van der Waals surface area contributed by atoms with Gasteiger partial charge in [-0.3, -0.25) is 0 Å². The molecule has 0 unspecified atom stereocenters. The van der Waals surface area contributed by atoms with Crippen LogP contribution in [-0.4, -0.2) is 15.0 Å². The van der Waals surface area contributed by atoms with E-state index in [0.717, 1.165) is 43.1 Å². The van der Waals surface area contributed by atoms with E-state index in [4.69, 9.17) is 15.0 Å². The van der Waals surface area contributed by atoms with Gasteiger partial charge in [0.2, 0.25) is 0 Å². The monoisotopic (exact) mass is 513 g/mol. The van der Waals surface area contributed by atoms with Gasteiger partial charge in [-0.1, -0.05) is 119 Å². The number of benzene rings is 5. The van der Waals surface area contributed by atoms with Crippen molar-refractivity contribution in [2.45, 2.75) is 0 Å². The van der Waals surface area contributed by atoms with Crippen LogP contribution in [0.1, 0.15) is 0 Å². The first-order chi connectivity index (χ1) is 17.2. The molecular formula is C31H20BrN3. The Kier molecular flexibility index (Phi) is 5.65. The Morgan fingerprint density at radius 3 is 1.69 bits per heavy atom. The molecule has 4 heteroatoms. The van der Waals surface area contributed by atoms with E-state index in [2.05, 4.69) is 76.6 Å². The van der Waals surface area contributed by atoms with Gasteiger partial charge in [-0.05, 0) is 40.1 Å². The van der Waals surface area contributed by atoms with Crippen LogP contribution in [0.2, 0.25) is 0 Å². The van der Waals surface area contributed by atoms with E-state index < -0.39 is 0 Å². The highest BCUT2D eigenvalue weighted by atomic mass is 79.9. The second kappa shape index (κ2) is 9.24. The minimum absolute atomic E-state index is 0.644. The number of hydrogen-bond acceptors (Lipinski definition) is 3. The molecule has 0 fully saturated rings. The van der Waals surface area contributed by atoms with Gasteiger partial charge in [-0.25, -0.2) is 15.0 Å². The largest absolute Gasteiger partial charge is 0.208 e. The van der Waals surface area contributed by atoms with Gasteiger partial charge in [-0.2, -0.15) is 0 Å². The van der Waals surface area contributed by atoms with Crippen molar-refractivity contribution >= 4 is 26.7 Å². The lowest BCUT2D eigenvalue weighted by atomic mass is 10.0. The lowest BCUT2D eigenvalue weighted by molar-refractivity contribution is 1.07. The van der Waals surface area contributed by atoms with Gasteiger partial charge in [0, 0.05) is 21.2 Å². The summed E-state index contributed by atoms with van der Waals surface area (Å²) in [6.45, 7) is 0. The Morgan fingerprint density at radius 1 is 0.400 bits per heavy atom. The summed E-state index contributed by atoms with van der Waals surface area (Å²) in [5.41, 5.74) is 5.13. The summed E-state index contributed by atoms with van der Waals surface area (Å²) < 4.78 is 1.01. The second-order valence-electron chi connectivity index (χ2n) is 8.30. The average molecular weight is 514 g/mol. The summed E-state index contributed by atoms with van der Waals surface area (Å²) in [5.74, 6) is 1.95. The standard InChI is InChI=1S/C31H20BrN3/c32-28-20-26(19-24-14-7-8-17-27(24)28)31-34-29(22-12-5-2-6-13-22)33-30(35-31)25-16-9-15-23(18-25)21-10-3-1-4-11-21/h1-20H. The predicted octanol–water partition coefficient (Wildman–Crippen LogP) is 8.46. The molecule has 0 aliphatic carbocycles. The Morgan fingerprint density at radius 2 is 0.943 bits per heavy atom. The first-order valence-electron chi connectivity index (χ1n) is 11.4. The van der Waals surface area contributed by atoms with Gasteiger partial charge in [0.15, 0.2) is 17.5 Å². The summed E-state index contributed by atoms with van der Waals surface area (Å²) >= 11 is 3.74. The molecular weight excluding hydrogens is 494 g/mol. The van der Waals surface area contributed by atoms with Crippen LogP contribution < -0.4 is 0 Å². The van der Waals surface area contributed by atoms with Crippen LogP contribution in [0, 0.1) is 0 Å². The van der Waals surface area contributed by atoms with E-state index in [0.29, 0.717) is 17.5 Å². The molecule has 3 nitrogen and oxygen atoms in total. The fraction of sp³-hybridized carbons (Fsp3) is 0. The van der Waals surface area contributed by atoms with Crippen molar-refractivity contribution in [2.75, 3.05) is 0 Å². The fourth-order valence-corrected chi connectivity index (χ4v) is 4.82. The summed E-state index contributed by atoms with van der Waals surface area (Å²) in [6, 6.07) is 41.3. The third kappa shape index (κ3) is 4.36. The van der Waals surface area contributed by atoms with Crippen LogP contribution in [-0.2, 0) is 0 Å². The maximum atomic E-state index is 4.94. The molecule has 0 bridgehead atoms. The first kappa shape index (κ1) is 21.4. The number of rotatable bonds is 4.